The maximum atomic E-state index is 12.6. The van der Waals surface area contributed by atoms with Crippen molar-refractivity contribution in [3.05, 3.63) is 35.4 Å². The zero-order chi connectivity index (χ0) is 16.8. The van der Waals surface area contributed by atoms with Gasteiger partial charge in [-0.05, 0) is 30.4 Å². The molecule has 22 heavy (non-hydrogen) atoms. The molecule has 0 saturated heterocycles. The average Bonchev–Trinajstić information content (AvgIpc) is 2.47. The van der Waals surface area contributed by atoms with Gasteiger partial charge in [0.05, 0.1) is 10.9 Å². The number of carbonyl (C=O) groups is 1. The molecule has 0 aliphatic heterocycles. The zero-order valence-electron chi connectivity index (χ0n) is 12.3. The lowest BCUT2D eigenvalue weighted by molar-refractivity contribution is -0.137. The predicted octanol–water partition coefficient (Wildman–Crippen LogP) is 5.47. The summed E-state index contributed by atoms with van der Waals surface area (Å²) in [5.74, 6) is 0.162. The molecule has 1 aromatic carbocycles. The molecular weight excluding hydrogens is 336 g/mol. The van der Waals surface area contributed by atoms with E-state index in [9.17, 15) is 18.0 Å². The van der Waals surface area contributed by atoms with Crippen molar-refractivity contribution < 1.29 is 18.0 Å². The van der Waals surface area contributed by atoms with Crippen LogP contribution in [0.25, 0.3) is 0 Å². The third-order valence-corrected chi connectivity index (χ3v) is 4.58. The van der Waals surface area contributed by atoms with Crippen molar-refractivity contribution in [3.8, 4) is 0 Å². The van der Waals surface area contributed by atoms with E-state index in [4.69, 9.17) is 23.2 Å². The molecule has 6 heteroatoms. The lowest BCUT2D eigenvalue weighted by Crippen LogP contribution is -2.25. The Labute approximate surface area is 138 Å². The number of hydrogen-bond donors (Lipinski definition) is 0. The van der Waals surface area contributed by atoms with Crippen LogP contribution < -0.4 is 0 Å². The Morgan fingerprint density at radius 1 is 1.32 bits per heavy atom. The van der Waals surface area contributed by atoms with Crippen molar-refractivity contribution in [2.24, 2.45) is 5.92 Å². The van der Waals surface area contributed by atoms with Gasteiger partial charge in [0.15, 0.2) is 5.78 Å². The van der Waals surface area contributed by atoms with Crippen molar-refractivity contribution >= 4 is 29.0 Å². The molecule has 0 fully saturated rings. The summed E-state index contributed by atoms with van der Waals surface area (Å²) in [6.45, 7) is 1.92. The summed E-state index contributed by atoms with van der Waals surface area (Å²) < 4.78 is 37.8. The fourth-order valence-electron chi connectivity index (χ4n) is 2.16. The first-order valence-electron chi connectivity index (χ1n) is 7.18. The van der Waals surface area contributed by atoms with Crippen LogP contribution in [0.5, 0.6) is 0 Å². The number of Topliss-reactive ketones (excluding diaryl/α,β-unsaturated/α-hetero) is 1. The summed E-state index contributed by atoms with van der Waals surface area (Å²) in [5, 5.41) is -0.621. The Kier molecular flexibility index (Phi) is 7.70. The van der Waals surface area contributed by atoms with E-state index >= 15 is 0 Å². The van der Waals surface area contributed by atoms with Crippen molar-refractivity contribution in [2.45, 2.75) is 44.2 Å². The second-order valence-electron chi connectivity index (χ2n) is 5.24. The molecule has 0 N–H and O–H groups in total. The van der Waals surface area contributed by atoms with Crippen molar-refractivity contribution in [3.63, 3.8) is 0 Å². The molecule has 0 spiro atoms. The highest BCUT2D eigenvalue weighted by atomic mass is 35.5. The van der Waals surface area contributed by atoms with Crippen LogP contribution in [0, 0.1) is 5.92 Å². The van der Waals surface area contributed by atoms with Crippen LogP contribution in [0.4, 0.5) is 13.2 Å². The predicted molar refractivity (Wildman–Crippen MR) is 83.5 cm³/mol. The Hall–Kier alpha value is -0.740. The van der Waals surface area contributed by atoms with Gasteiger partial charge in [-0.1, -0.05) is 31.5 Å². The fourth-order valence-corrected chi connectivity index (χ4v) is 3.03. The quantitative estimate of drug-likeness (QED) is 0.565. The van der Waals surface area contributed by atoms with Crippen LogP contribution in [0.2, 0.25) is 0 Å². The normalized spacial score (nSPS) is 14.6. The van der Waals surface area contributed by atoms with Gasteiger partial charge in [-0.25, -0.2) is 0 Å². The molecule has 1 nitrogen and oxygen atoms in total. The molecule has 0 heterocycles. The van der Waals surface area contributed by atoms with Gasteiger partial charge in [0.25, 0.3) is 0 Å². The number of aryl methyl sites for hydroxylation is 1. The lowest BCUT2D eigenvalue weighted by Gasteiger charge is -2.17. The largest absolute Gasteiger partial charge is 0.416 e. The fraction of sp³-hybridized carbons (Fsp3) is 0.562. The third-order valence-electron chi connectivity index (χ3n) is 3.59. The van der Waals surface area contributed by atoms with Gasteiger partial charge in [-0.2, -0.15) is 13.2 Å². The zero-order valence-corrected chi connectivity index (χ0v) is 13.8. The molecule has 2 atom stereocenters. The molecule has 0 amide bonds. The Bertz CT molecular complexity index is 485. The minimum Gasteiger partial charge on any atom is -0.298 e. The highest BCUT2D eigenvalue weighted by Crippen LogP contribution is 2.29. The number of halogens is 5. The van der Waals surface area contributed by atoms with E-state index in [0.717, 1.165) is 18.6 Å². The average molecular weight is 355 g/mol. The van der Waals surface area contributed by atoms with Gasteiger partial charge in [-0.3, -0.25) is 4.79 Å². The molecule has 1 rings (SSSR count). The van der Waals surface area contributed by atoms with Gasteiger partial charge >= 0.3 is 6.18 Å². The van der Waals surface area contributed by atoms with Crippen LogP contribution >= 0.6 is 23.2 Å². The smallest absolute Gasteiger partial charge is 0.298 e. The summed E-state index contributed by atoms with van der Waals surface area (Å²) in [6, 6.07) is 5.17. The molecule has 0 aromatic heterocycles. The summed E-state index contributed by atoms with van der Waals surface area (Å²) in [4.78, 5) is 11.9. The van der Waals surface area contributed by atoms with E-state index in [2.05, 4.69) is 0 Å². The number of rotatable bonds is 8. The minimum absolute atomic E-state index is 0.0654. The number of ketones is 1. The Morgan fingerprint density at radius 3 is 2.55 bits per heavy atom. The van der Waals surface area contributed by atoms with Gasteiger partial charge < -0.3 is 0 Å². The first kappa shape index (κ1) is 19.3. The van der Waals surface area contributed by atoms with Gasteiger partial charge in [-0.15, -0.1) is 23.2 Å². The van der Waals surface area contributed by atoms with E-state index in [1.54, 1.807) is 6.07 Å². The number of alkyl halides is 5. The second kappa shape index (κ2) is 8.78. The molecule has 0 radical (unpaired) electrons. The molecule has 2 unspecified atom stereocenters. The van der Waals surface area contributed by atoms with E-state index in [1.165, 1.54) is 6.07 Å². The highest BCUT2D eigenvalue weighted by molar-refractivity contribution is 6.32. The number of benzene rings is 1. The minimum atomic E-state index is -4.35. The number of carbonyl (C=O) groups excluding carboxylic acids is 1. The molecule has 0 bridgehead atoms. The summed E-state index contributed by atoms with van der Waals surface area (Å²) in [6.07, 6.45) is -2.49. The van der Waals surface area contributed by atoms with E-state index in [-0.39, 0.29) is 18.1 Å². The van der Waals surface area contributed by atoms with Crippen LogP contribution in [-0.4, -0.2) is 17.0 Å². The monoisotopic (exact) mass is 354 g/mol. The van der Waals surface area contributed by atoms with Gasteiger partial charge in [0.1, 0.15) is 0 Å². The molecule has 0 aliphatic rings. The molecule has 0 aliphatic carbocycles. The summed E-state index contributed by atoms with van der Waals surface area (Å²) >= 11 is 11.8. The van der Waals surface area contributed by atoms with Crippen LogP contribution in [0.1, 0.15) is 37.3 Å². The maximum Gasteiger partial charge on any atom is 0.416 e. The molecule has 0 saturated carbocycles. The topological polar surface area (TPSA) is 17.1 Å². The van der Waals surface area contributed by atoms with Gasteiger partial charge in [0.2, 0.25) is 0 Å². The summed E-state index contributed by atoms with van der Waals surface area (Å²) in [5.41, 5.74) is -0.0992. The lowest BCUT2D eigenvalue weighted by atomic mass is 9.97. The second-order valence-corrected chi connectivity index (χ2v) is 6.02. The van der Waals surface area contributed by atoms with E-state index in [1.807, 2.05) is 6.92 Å². The molecule has 124 valence electrons. The number of hydrogen-bond acceptors (Lipinski definition) is 1. The Morgan fingerprint density at radius 2 is 2.00 bits per heavy atom. The maximum absolute atomic E-state index is 12.6. The Balaban J connectivity index is 2.52. The summed E-state index contributed by atoms with van der Waals surface area (Å²) in [7, 11) is 0. The molecular formula is C16H19Cl2F3O. The third kappa shape index (κ3) is 5.81. The van der Waals surface area contributed by atoms with Crippen molar-refractivity contribution in [1.29, 1.82) is 0 Å². The molecule has 1 aromatic rings. The standard InChI is InChI=1S/C16H19Cl2F3O/c1-2-12(10-17)15(18)14(22)8-4-6-11-5-3-7-13(9-11)16(19,20)21/h3,5,7,9,12,15H,2,4,6,8,10H2,1H3. The van der Waals surface area contributed by atoms with Crippen molar-refractivity contribution in [2.75, 3.05) is 5.88 Å². The van der Waals surface area contributed by atoms with Crippen LogP contribution in [-0.2, 0) is 17.4 Å². The van der Waals surface area contributed by atoms with E-state index < -0.39 is 17.1 Å². The SMILES string of the molecule is CCC(CCl)C(Cl)C(=O)CCCc1cccc(C(F)(F)F)c1. The first-order chi connectivity index (χ1) is 10.3. The highest BCUT2D eigenvalue weighted by Gasteiger charge is 2.30. The van der Waals surface area contributed by atoms with Crippen LogP contribution in [0.3, 0.4) is 0 Å². The van der Waals surface area contributed by atoms with Crippen LogP contribution in [0.15, 0.2) is 24.3 Å². The van der Waals surface area contributed by atoms with E-state index in [0.29, 0.717) is 24.3 Å². The first-order valence-corrected chi connectivity index (χ1v) is 8.15. The van der Waals surface area contributed by atoms with Crippen molar-refractivity contribution in [1.82, 2.24) is 0 Å². The van der Waals surface area contributed by atoms with Gasteiger partial charge in [0, 0.05) is 12.3 Å².